The van der Waals surface area contributed by atoms with E-state index in [0.29, 0.717) is 17.9 Å². The number of hydrogen-bond acceptors (Lipinski definition) is 5. The Bertz CT molecular complexity index is 1010. The smallest absolute Gasteiger partial charge is 0.255 e. The molecule has 0 bridgehead atoms. The lowest BCUT2D eigenvalue weighted by Crippen LogP contribution is -2.19. The highest BCUT2D eigenvalue weighted by Gasteiger charge is 2.18. The van der Waals surface area contributed by atoms with Crippen LogP contribution in [-0.4, -0.2) is 24.2 Å². The number of benzene rings is 2. The number of rotatable bonds is 6. The maximum absolute atomic E-state index is 12.7. The van der Waals surface area contributed by atoms with E-state index in [2.05, 4.69) is 34.4 Å². The Morgan fingerprint density at radius 1 is 1.23 bits per heavy atom. The number of anilines is 2. The molecule has 4 rings (SSSR count). The number of hydrogen-bond donors (Lipinski definition) is 1. The quantitative estimate of drug-likeness (QED) is 0.627. The third-order valence-corrected chi connectivity index (χ3v) is 5.57. The summed E-state index contributed by atoms with van der Waals surface area (Å²) < 4.78 is 11.0. The largest absolute Gasteiger partial charge is 0.489 e. The first-order valence-corrected chi connectivity index (χ1v) is 10.3. The Balaban J connectivity index is 1.38. The molecule has 1 amide bonds. The molecular weight excluding hydrogens is 378 g/mol. The number of carbonyl (C=O) groups is 1. The van der Waals surface area contributed by atoms with Crippen LogP contribution < -0.4 is 15.0 Å². The van der Waals surface area contributed by atoms with Gasteiger partial charge in [0.05, 0.1) is 11.3 Å². The molecule has 1 N–H and O–H groups in total. The lowest BCUT2D eigenvalue weighted by atomic mass is 10.2. The first kappa shape index (κ1) is 20.0. The predicted octanol–water partition coefficient (Wildman–Crippen LogP) is 4.97. The van der Waals surface area contributed by atoms with Crippen molar-refractivity contribution >= 4 is 17.3 Å². The maximum Gasteiger partial charge on any atom is 0.255 e. The van der Waals surface area contributed by atoms with E-state index >= 15 is 0 Å². The van der Waals surface area contributed by atoms with Crippen molar-refractivity contribution in [3.8, 4) is 5.75 Å². The van der Waals surface area contributed by atoms with Gasteiger partial charge in [-0.3, -0.25) is 4.79 Å². The average Bonchev–Trinajstić information content (AvgIpc) is 3.32. The molecule has 1 aromatic heterocycles. The molecule has 6 heteroatoms. The molecule has 3 aromatic rings. The monoisotopic (exact) mass is 405 g/mol. The Labute approximate surface area is 176 Å². The molecule has 0 aliphatic carbocycles. The van der Waals surface area contributed by atoms with Crippen molar-refractivity contribution in [1.82, 2.24) is 5.16 Å². The van der Waals surface area contributed by atoms with Crippen LogP contribution in [0.5, 0.6) is 5.75 Å². The van der Waals surface area contributed by atoms with Crippen LogP contribution in [0.25, 0.3) is 0 Å². The van der Waals surface area contributed by atoms with E-state index in [9.17, 15) is 4.79 Å². The summed E-state index contributed by atoms with van der Waals surface area (Å²) in [6.45, 7) is 8.55. The van der Waals surface area contributed by atoms with Gasteiger partial charge in [-0.2, -0.15) is 0 Å². The molecule has 0 saturated carbocycles. The Kier molecular flexibility index (Phi) is 5.74. The minimum absolute atomic E-state index is 0.166. The van der Waals surface area contributed by atoms with E-state index in [-0.39, 0.29) is 5.91 Å². The second kappa shape index (κ2) is 8.61. The summed E-state index contributed by atoms with van der Waals surface area (Å²) in [5, 5.41) is 6.90. The van der Waals surface area contributed by atoms with Crippen molar-refractivity contribution in [2.45, 2.75) is 33.8 Å². The number of nitrogens with one attached hydrogen (secondary N) is 1. The standard InChI is InChI=1S/C24H27N3O3/c1-16-11-12-27(14-16)21-9-7-20(8-10-21)25-24(28)19-5-4-6-22(13-19)29-15-23-17(2)26-30-18(23)3/h4-10,13,16H,11-12,14-15H2,1-3H3,(H,25,28). The molecule has 6 nitrogen and oxygen atoms in total. The molecule has 2 heterocycles. The van der Waals surface area contributed by atoms with Gasteiger partial charge in [-0.25, -0.2) is 0 Å². The number of ether oxygens (including phenoxy) is 1. The summed E-state index contributed by atoms with van der Waals surface area (Å²) in [4.78, 5) is 15.1. The lowest BCUT2D eigenvalue weighted by Gasteiger charge is -2.18. The normalized spacial score (nSPS) is 16.0. The first-order valence-electron chi connectivity index (χ1n) is 10.3. The number of aromatic nitrogens is 1. The highest BCUT2D eigenvalue weighted by molar-refractivity contribution is 6.04. The second-order valence-electron chi connectivity index (χ2n) is 7.96. The fraction of sp³-hybridized carbons (Fsp3) is 0.333. The Morgan fingerprint density at radius 3 is 2.70 bits per heavy atom. The molecule has 2 aromatic carbocycles. The molecule has 0 spiro atoms. The minimum atomic E-state index is -0.166. The topological polar surface area (TPSA) is 67.6 Å². The van der Waals surface area contributed by atoms with Gasteiger partial charge >= 0.3 is 0 Å². The third kappa shape index (κ3) is 4.48. The van der Waals surface area contributed by atoms with Gasteiger partial charge in [-0.05, 0) is 68.7 Å². The van der Waals surface area contributed by atoms with E-state index in [0.717, 1.165) is 41.7 Å². The van der Waals surface area contributed by atoms with Gasteiger partial charge in [0, 0.05) is 30.0 Å². The summed E-state index contributed by atoms with van der Waals surface area (Å²) in [6, 6.07) is 15.2. The van der Waals surface area contributed by atoms with Crippen molar-refractivity contribution < 1.29 is 14.1 Å². The van der Waals surface area contributed by atoms with Crippen molar-refractivity contribution in [1.29, 1.82) is 0 Å². The van der Waals surface area contributed by atoms with E-state index in [4.69, 9.17) is 9.26 Å². The van der Waals surface area contributed by atoms with Gasteiger partial charge in [0.25, 0.3) is 5.91 Å². The Hall–Kier alpha value is -3.28. The minimum Gasteiger partial charge on any atom is -0.489 e. The van der Waals surface area contributed by atoms with Crippen molar-refractivity contribution in [3.05, 3.63) is 71.1 Å². The first-order chi connectivity index (χ1) is 14.5. The lowest BCUT2D eigenvalue weighted by molar-refractivity contribution is 0.102. The Morgan fingerprint density at radius 2 is 2.03 bits per heavy atom. The third-order valence-electron chi connectivity index (χ3n) is 5.57. The van der Waals surface area contributed by atoms with Crippen LogP contribution in [0.1, 0.15) is 40.7 Å². The van der Waals surface area contributed by atoms with Crippen LogP contribution in [0.3, 0.4) is 0 Å². The van der Waals surface area contributed by atoms with Crippen LogP contribution >= 0.6 is 0 Å². The zero-order valence-electron chi connectivity index (χ0n) is 17.6. The summed E-state index contributed by atoms with van der Waals surface area (Å²) in [5.74, 6) is 1.94. The van der Waals surface area contributed by atoms with Crippen LogP contribution in [0.4, 0.5) is 11.4 Å². The summed E-state index contributed by atoms with van der Waals surface area (Å²) in [6.07, 6.45) is 1.23. The molecule has 1 aliphatic heterocycles. The van der Waals surface area contributed by atoms with Gasteiger partial charge in [0.15, 0.2) is 0 Å². The van der Waals surface area contributed by atoms with Crippen LogP contribution in [-0.2, 0) is 6.61 Å². The molecule has 1 saturated heterocycles. The predicted molar refractivity (Wildman–Crippen MR) is 117 cm³/mol. The van der Waals surface area contributed by atoms with Gasteiger partial charge < -0.3 is 19.5 Å². The van der Waals surface area contributed by atoms with Crippen LogP contribution in [0.2, 0.25) is 0 Å². The van der Waals surface area contributed by atoms with E-state index in [1.54, 1.807) is 12.1 Å². The fourth-order valence-electron chi connectivity index (χ4n) is 3.72. The highest BCUT2D eigenvalue weighted by atomic mass is 16.5. The van der Waals surface area contributed by atoms with Crippen molar-refractivity contribution in [3.63, 3.8) is 0 Å². The molecule has 156 valence electrons. The number of carbonyl (C=O) groups excluding carboxylic acids is 1. The molecule has 0 radical (unpaired) electrons. The fourth-order valence-corrected chi connectivity index (χ4v) is 3.72. The highest BCUT2D eigenvalue weighted by Crippen LogP contribution is 2.25. The van der Waals surface area contributed by atoms with Crippen LogP contribution in [0.15, 0.2) is 53.1 Å². The molecule has 1 unspecified atom stereocenters. The van der Waals surface area contributed by atoms with Crippen molar-refractivity contribution in [2.75, 3.05) is 23.3 Å². The SMILES string of the molecule is Cc1noc(C)c1COc1cccc(C(=O)Nc2ccc(N3CCC(C)C3)cc2)c1. The van der Waals surface area contributed by atoms with Gasteiger partial charge in [-0.1, -0.05) is 18.1 Å². The van der Waals surface area contributed by atoms with Crippen molar-refractivity contribution in [2.24, 2.45) is 5.92 Å². The van der Waals surface area contributed by atoms with E-state index in [1.807, 2.05) is 38.1 Å². The maximum atomic E-state index is 12.7. The summed E-state index contributed by atoms with van der Waals surface area (Å²) in [5.41, 5.74) is 4.26. The molecular formula is C24H27N3O3. The molecule has 1 fully saturated rings. The number of nitrogens with zero attached hydrogens (tertiary/aromatic N) is 2. The second-order valence-corrected chi connectivity index (χ2v) is 7.96. The van der Waals surface area contributed by atoms with Gasteiger partial charge in [-0.15, -0.1) is 0 Å². The molecule has 1 aliphatic rings. The van der Waals surface area contributed by atoms with E-state index < -0.39 is 0 Å². The molecule has 1 atom stereocenters. The molecule has 30 heavy (non-hydrogen) atoms. The number of amides is 1. The number of aryl methyl sites for hydroxylation is 2. The average molecular weight is 405 g/mol. The summed E-state index contributed by atoms with van der Waals surface area (Å²) in [7, 11) is 0. The zero-order valence-corrected chi connectivity index (χ0v) is 17.6. The van der Waals surface area contributed by atoms with E-state index in [1.165, 1.54) is 12.1 Å². The van der Waals surface area contributed by atoms with Gasteiger partial charge in [0.2, 0.25) is 0 Å². The summed E-state index contributed by atoms with van der Waals surface area (Å²) >= 11 is 0. The van der Waals surface area contributed by atoms with Crippen LogP contribution in [0, 0.1) is 19.8 Å². The van der Waals surface area contributed by atoms with Gasteiger partial charge in [0.1, 0.15) is 18.1 Å². The zero-order chi connectivity index (χ0) is 21.1.